The molecule has 2 aliphatic carbocycles. The fourth-order valence-electron chi connectivity index (χ4n) is 9.84. The van der Waals surface area contributed by atoms with Crippen molar-refractivity contribution in [1.29, 1.82) is 0 Å². The molecule has 1 heterocycles. The summed E-state index contributed by atoms with van der Waals surface area (Å²) in [7, 11) is 0. The summed E-state index contributed by atoms with van der Waals surface area (Å²) in [6, 6.07) is 72.4. The molecule has 1 aromatic heterocycles. The fourth-order valence-corrected chi connectivity index (χ4v) is 9.84. The first kappa shape index (κ1) is 30.5. The molecule has 0 radical (unpaired) electrons. The van der Waals surface area contributed by atoms with Crippen LogP contribution in [0.4, 0.5) is 0 Å². The van der Waals surface area contributed by atoms with E-state index < -0.39 is 0 Å². The second kappa shape index (κ2) is 11.8. The zero-order chi connectivity index (χ0) is 36.0. The Balaban J connectivity index is 0.993. The Labute approximate surface area is 320 Å². The molecular formula is C54H35N. The summed E-state index contributed by atoms with van der Waals surface area (Å²) in [5, 5.41) is 5.17. The molecule has 1 nitrogen and oxygen atoms in total. The van der Waals surface area contributed by atoms with E-state index in [1.165, 1.54) is 111 Å². The van der Waals surface area contributed by atoms with Gasteiger partial charge in [-0.3, -0.25) is 0 Å². The third-order valence-corrected chi connectivity index (χ3v) is 12.3. The largest absolute Gasteiger partial charge is 0.309 e. The Kier molecular flexibility index (Phi) is 6.53. The molecule has 1 unspecified atom stereocenters. The molecule has 0 fully saturated rings. The molecule has 0 spiro atoms. The Morgan fingerprint density at radius 3 is 1.85 bits per heavy atom. The van der Waals surface area contributed by atoms with Crippen LogP contribution in [0.15, 0.2) is 194 Å². The number of fused-ring (bicyclic) bond motifs is 10. The molecule has 2 aliphatic rings. The Bertz CT molecular complexity index is 3180. The van der Waals surface area contributed by atoms with Gasteiger partial charge in [0.05, 0.1) is 11.0 Å². The fraction of sp³-hybridized carbons (Fsp3) is 0.0370. The van der Waals surface area contributed by atoms with Crippen LogP contribution in [0.2, 0.25) is 0 Å². The van der Waals surface area contributed by atoms with Crippen LogP contribution in [-0.4, -0.2) is 4.57 Å². The van der Waals surface area contributed by atoms with E-state index in [9.17, 15) is 0 Å². The lowest BCUT2D eigenvalue weighted by Crippen LogP contribution is -2.01. The van der Waals surface area contributed by atoms with E-state index in [0.717, 1.165) is 6.42 Å². The minimum absolute atomic E-state index is 0.147. The van der Waals surface area contributed by atoms with Crippen molar-refractivity contribution >= 4 is 32.6 Å². The quantitative estimate of drug-likeness (QED) is 0.173. The molecule has 0 amide bonds. The van der Waals surface area contributed by atoms with Crippen molar-refractivity contribution in [3.63, 3.8) is 0 Å². The van der Waals surface area contributed by atoms with E-state index >= 15 is 0 Å². The maximum atomic E-state index is 2.43. The van der Waals surface area contributed by atoms with Gasteiger partial charge in [0.2, 0.25) is 0 Å². The second-order valence-corrected chi connectivity index (χ2v) is 15.2. The number of hydrogen-bond acceptors (Lipinski definition) is 0. The monoisotopic (exact) mass is 697 g/mol. The van der Waals surface area contributed by atoms with Crippen molar-refractivity contribution in [1.82, 2.24) is 4.57 Å². The SMILES string of the molecule is c1ccc(-n2c3ccccc3c3ccc(-c4ccc5c(c4)-c4ccccc4C5c4ccc(-c5ccc6c(c5)-c5ccccc5C6)c5ccccc45)cc32)cc1. The van der Waals surface area contributed by atoms with Gasteiger partial charge < -0.3 is 4.57 Å². The van der Waals surface area contributed by atoms with Gasteiger partial charge >= 0.3 is 0 Å². The Morgan fingerprint density at radius 1 is 0.327 bits per heavy atom. The minimum Gasteiger partial charge on any atom is -0.309 e. The van der Waals surface area contributed by atoms with Gasteiger partial charge in [-0.25, -0.2) is 0 Å². The first-order valence-corrected chi connectivity index (χ1v) is 19.3. The number of benzene rings is 9. The van der Waals surface area contributed by atoms with Crippen LogP contribution >= 0.6 is 0 Å². The normalized spacial score (nSPS) is 13.9. The van der Waals surface area contributed by atoms with E-state index in [0.29, 0.717) is 0 Å². The molecule has 10 aromatic rings. The predicted molar refractivity (Wildman–Crippen MR) is 230 cm³/mol. The molecule has 12 rings (SSSR count). The average Bonchev–Trinajstić information content (AvgIpc) is 3.90. The van der Waals surface area contributed by atoms with Crippen LogP contribution < -0.4 is 0 Å². The average molecular weight is 698 g/mol. The summed E-state index contributed by atoms with van der Waals surface area (Å²) in [6.07, 6.45) is 1.01. The highest BCUT2D eigenvalue weighted by molar-refractivity contribution is 6.10. The van der Waals surface area contributed by atoms with Gasteiger partial charge in [-0.15, -0.1) is 0 Å². The number of hydrogen-bond donors (Lipinski definition) is 0. The standard InChI is InChI=1S/C54H35N/c1-2-13-39(14-3-1)55-52-21-11-10-19-45(52)46-26-24-35(33-53(46)55)34-25-27-49-51(31-34)44-18-8-9-20-47(44)54(49)48-29-28-41(42-16-6-7-17-43(42)48)38-23-22-37-30-36-12-4-5-15-40(36)50(37)32-38/h1-29,31-33,54H,30H2. The zero-order valence-electron chi connectivity index (χ0n) is 30.2. The molecule has 0 aliphatic heterocycles. The zero-order valence-corrected chi connectivity index (χ0v) is 30.2. The first-order chi connectivity index (χ1) is 27.3. The predicted octanol–water partition coefficient (Wildman–Crippen LogP) is 14.0. The van der Waals surface area contributed by atoms with E-state index in [4.69, 9.17) is 0 Å². The molecule has 0 bridgehead atoms. The smallest absolute Gasteiger partial charge is 0.0547 e. The molecule has 0 saturated carbocycles. The molecule has 256 valence electrons. The maximum Gasteiger partial charge on any atom is 0.0547 e. The number of rotatable bonds is 4. The van der Waals surface area contributed by atoms with Crippen LogP contribution in [-0.2, 0) is 6.42 Å². The summed E-state index contributed by atoms with van der Waals surface area (Å²) in [5.41, 5.74) is 21.0. The Morgan fingerprint density at radius 2 is 0.945 bits per heavy atom. The number of para-hydroxylation sites is 2. The lowest BCUT2D eigenvalue weighted by Gasteiger charge is -2.19. The van der Waals surface area contributed by atoms with Crippen molar-refractivity contribution < 1.29 is 0 Å². The van der Waals surface area contributed by atoms with Crippen LogP contribution in [0.3, 0.4) is 0 Å². The summed E-state index contributed by atoms with van der Waals surface area (Å²) >= 11 is 0. The van der Waals surface area contributed by atoms with E-state index in [1.54, 1.807) is 0 Å². The molecule has 1 atom stereocenters. The van der Waals surface area contributed by atoms with Crippen molar-refractivity contribution in [2.24, 2.45) is 0 Å². The van der Waals surface area contributed by atoms with E-state index in [1.807, 2.05) is 0 Å². The summed E-state index contributed by atoms with van der Waals surface area (Å²) in [5.74, 6) is 0.147. The van der Waals surface area contributed by atoms with Crippen LogP contribution in [0.5, 0.6) is 0 Å². The highest BCUT2D eigenvalue weighted by Gasteiger charge is 2.31. The molecule has 0 N–H and O–H groups in total. The van der Waals surface area contributed by atoms with Gasteiger partial charge in [-0.1, -0.05) is 158 Å². The van der Waals surface area contributed by atoms with Crippen LogP contribution in [0, 0.1) is 0 Å². The van der Waals surface area contributed by atoms with Gasteiger partial charge in [0, 0.05) is 22.4 Å². The summed E-state index contributed by atoms with van der Waals surface area (Å²) in [4.78, 5) is 0. The molecule has 0 saturated heterocycles. The van der Waals surface area contributed by atoms with Crippen LogP contribution in [0.1, 0.15) is 33.7 Å². The minimum atomic E-state index is 0.147. The topological polar surface area (TPSA) is 4.93 Å². The first-order valence-electron chi connectivity index (χ1n) is 19.3. The Hall–Kier alpha value is -6.96. The third-order valence-electron chi connectivity index (χ3n) is 12.3. The number of nitrogens with zero attached hydrogens (tertiary/aromatic N) is 1. The maximum absolute atomic E-state index is 2.43. The van der Waals surface area contributed by atoms with Gasteiger partial charge in [-0.05, 0) is 126 Å². The highest BCUT2D eigenvalue weighted by atomic mass is 15.0. The van der Waals surface area contributed by atoms with Gasteiger partial charge in [0.15, 0.2) is 0 Å². The highest BCUT2D eigenvalue weighted by Crippen LogP contribution is 2.51. The summed E-state index contributed by atoms with van der Waals surface area (Å²) in [6.45, 7) is 0. The third kappa shape index (κ3) is 4.54. The second-order valence-electron chi connectivity index (χ2n) is 15.2. The van der Waals surface area contributed by atoms with Crippen molar-refractivity contribution in [3.8, 4) is 50.2 Å². The van der Waals surface area contributed by atoms with E-state index in [-0.39, 0.29) is 5.92 Å². The molecule has 55 heavy (non-hydrogen) atoms. The van der Waals surface area contributed by atoms with Crippen molar-refractivity contribution in [3.05, 3.63) is 222 Å². The van der Waals surface area contributed by atoms with Crippen LogP contribution in [0.25, 0.3) is 82.8 Å². The van der Waals surface area contributed by atoms with E-state index in [2.05, 4.69) is 199 Å². The lowest BCUT2D eigenvalue weighted by atomic mass is 9.84. The van der Waals surface area contributed by atoms with Crippen molar-refractivity contribution in [2.75, 3.05) is 0 Å². The molecular weight excluding hydrogens is 663 g/mol. The van der Waals surface area contributed by atoms with Gasteiger partial charge in [0.1, 0.15) is 0 Å². The lowest BCUT2D eigenvalue weighted by molar-refractivity contribution is 1.03. The number of aromatic nitrogens is 1. The van der Waals surface area contributed by atoms with Gasteiger partial charge in [0.25, 0.3) is 0 Å². The molecule has 1 heteroatoms. The summed E-state index contributed by atoms with van der Waals surface area (Å²) < 4.78 is 2.41. The molecule has 9 aromatic carbocycles. The van der Waals surface area contributed by atoms with Crippen molar-refractivity contribution in [2.45, 2.75) is 12.3 Å². The van der Waals surface area contributed by atoms with Gasteiger partial charge in [-0.2, -0.15) is 0 Å².